The Balaban J connectivity index is 1.68. The van der Waals surface area contributed by atoms with Crippen LogP contribution in [0.5, 0.6) is 0 Å². The van der Waals surface area contributed by atoms with Gasteiger partial charge in [-0.1, -0.05) is 81.4 Å². The van der Waals surface area contributed by atoms with Gasteiger partial charge in [-0.2, -0.15) is 5.26 Å². The molecule has 4 atom stereocenters. The zero-order chi connectivity index (χ0) is 28.3. The van der Waals surface area contributed by atoms with Crippen molar-refractivity contribution in [1.82, 2.24) is 0 Å². The van der Waals surface area contributed by atoms with Gasteiger partial charge >= 0.3 is 5.97 Å². The van der Waals surface area contributed by atoms with Crippen molar-refractivity contribution in [1.29, 1.82) is 5.26 Å². The number of esters is 1. The highest BCUT2D eigenvalue weighted by atomic mass is 28.4. The molecule has 2 aromatic rings. The number of carbonyl (C=O) groups excluding carboxylic acids is 1. The number of ether oxygens (including phenoxy) is 5. The van der Waals surface area contributed by atoms with Crippen molar-refractivity contribution in [2.24, 2.45) is 0 Å². The highest BCUT2D eigenvalue weighted by Crippen LogP contribution is 2.42. The lowest BCUT2D eigenvalue weighted by Gasteiger charge is -2.43. The van der Waals surface area contributed by atoms with Crippen LogP contribution in [0.2, 0.25) is 5.04 Å². The molecule has 0 spiro atoms. The standard InChI is InChI=1S/C30H37NO7Si/c1-29(2,3)39(22-13-9-7-10-14-22,23-15-11-8-12-16-23)35-19-24-27-28(38-30(4,5)37-27)26(36-24)21(18-31)17-25(32)34-20-33-6/h7-17,24,26-28H,19-20H2,1-6H3/b21-17+/t24-,26+,27-,28+/m1/s1. The van der Waals surface area contributed by atoms with Crippen molar-refractivity contribution in [3.63, 3.8) is 0 Å². The molecule has 208 valence electrons. The lowest BCUT2D eigenvalue weighted by Crippen LogP contribution is -2.67. The van der Waals surface area contributed by atoms with Gasteiger partial charge in [0.1, 0.15) is 24.4 Å². The Morgan fingerprint density at radius 3 is 2.10 bits per heavy atom. The second-order valence-electron chi connectivity index (χ2n) is 11.2. The van der Waals surface area contributed by atoms with Gasteiger partial charge < -0.3 is 28.1 Å². The Labute approximate surface area is 231 Å². The molecule has 2 fully saturated rings. The van der Waals surface area contributed by atoms with Crippen molar-refractivity contribution in [2.75, 3.05) is 20.5 Å². The molecule has 8 nitrogen and oxygen atoms in total. The second-order valence-corrected chi connectivity index (χ2v) is 15.5. The molecule has 2 aliphatic rings. The summed E-state index contributed by atoms with van der Waals surface area (Å²) < 4.78 is 35.6. The van der Waals surface area contributed by atoms with Gasteiger partial charge in [-0.3, -0.25) is 0 Å². The van der Waals surface area contributed by atoms with E-state index in [-0.39, 0.29) is 24.0 Å². The molecular formula is C30H37NO7Si. The minimum Gasteiger partial charge on any atom is -0.435 e. The lowest BCUT2D eigenvalue weighted by atomic mass is 10.0. The first-order chi connectivity index (χ1) is 18.5. The largest absolute Gasteiger partial charge is 0.435 e. The Kier molecular flexibility index (Phi) is 8.76. The summed E-state index contributed by atoms with van der Waals surface area (Å²) >= 11 is 0. The number of nitriles is 1. The van der Waals surface area contributed by atoms with E-state index in [1.54, 1.807) is 0 Å². The van der Waals surface area contributed by atoms with E-state index < -0.39 is 44.5 Å². The normalized spacial score (nSPS) is 24.7. The molecular weight excluding hydrogens is 514 g/mol. The summed E-state index contributed by atoms with van der Waals surface area (Å²) in [6.07, 6.45) is -1.30. The first-order valence-electron chi connectivity index (χ1n) is 13.1. The number of carbonyl (C=O) groups is 1. The van der Waals surface area contributed by atoms with Crippen molar-refractivity contribution in [3.8, 4) is 6.07 Å². The average molecular weight is 552 g/mol. The van der Waals surface area contributed by atoms with Crippen LogP contribution in [0.3, 0.4) is 0 Å². The monoisotopic (exact) mass is 551 g/mol. The summed E-state index contributed by atoms with van der Waals surface area (Å²) in [5, 5.41) is 12.0. The molecule has 0 N–H and O–H groups in total. The third-order valence-electron chi connectivity index (χ3n) is 7.06. The molecule has 0 amide bonds. The highest BCUT2D eigenvalue weighted by molar-refractivity contribution is 6.99. The minimum atomic E-state index is -2.84. The predicted octanol–water partition coefficient (Wildman–Crippen LogP) is 3.45. The maximum Gasteiger partial charge on any atom is 0.333 e. The first kappa shape index (κ1) is 29.1. The van der Waals surface area contributed by atoms with E-state index in [9.17, 15) is 10.1 Å². The first-order valence-corrected chi connectivity index (χ1v) is 15.0. The third kappa shape index (κ3) is 6.02. The summed E-state index contributed by atoms with van der Waals surface area (Å²) in [7, 11) is -1.43. The summed E-state index contributed by atoms with van der Waals surface area (Å²) in [4.78, 5) is 12.2. The fraction of sp³-hybridized carbons (Fsp3) is 0.467. The quantitative estimate of drug-likeness (QED) is 0.154. The number of rotatable bonds is 9. The molecule has 0 aromatic heterocycles. The highest BCUT2D eigenvalue weighted by Gasteiger charge is 2.58. The second kappa shape index (κ2) is 11.7. The molecule has 9 heteroatoms. The molecule has 0 aliphatic carbocycles. The predicted molar refractivity (Wildman–Crippen MR) is 148 cm³/mol. The molecule has 4 rings (SSSR count). The van der Waals surface area contributed by atoms with Crippen LogP contribution in [-0.2, 0) is 32.9 Å². The summed E-state index contributed by atoms with van der Waals surface area (Å²) in [6.45, 7) is 10.3. The molecule has 2 heterocycles. The zero-order valence-corrected chi connectivity index (χ0v) is 24.4. The van der Waals surface area contributed by atoms with E-state index in [1.165, 1.54) is 7.11 Å². The third-order valence-corrected chi connectivity index (χ3v) is 12.1. The Morgan fingerprint density at radius 1 is 1.03 bits per heavy atom. The van der Waals surface area contributed by atoms with Gasteiger partial charge in [-0.15, -0.1) is 0 Å². The van der Waals surface area contributed by atoms with Crippen LogP contribution < -0.4 is 10.4 Å². The van der Waals surface area contributed by atoms with Crippen LogP contribution in [0.1, 0.15) is 34.6 Å². The molecule has 2 aliphatic heterocycles. The maximum absolute atomic E-state index is 12.2. The number of hydrogen-bond donors (Lipinski definition) is 0. The van der Waals surface area contributed by atoms with Gasteiger partial charge in [0.2, 0.25) is 0 Å². The fourth-order valence-corrected chi connectivity index (χ4v) is 10.1. The van der Waals surface area contributed by atoms with E-state index >= 15 is 0 Å². The summed E-state index contributed by atoms with van der Waals surface area (Å²) in [5.74, 6) is -1.58. The number of methoxy groups -OCH3 is 1. The molecule has 39 heavy (non-hydrogen) atoms. The van der Waals surface area contributed by atoms with E-state index in [2.05, 4.69) is 51.1 Å². The van der Waals surface area contributed by atoms with Crippen LogP contribution in [0.4, 0.5) is 0 Å². The van der Waals surface area contributed by atoms with Crippen LogP contribution in [0.25, 0.3) is 0 Å². The zero-order valence-electron chi connectivity index (χ0n) is 23.4. The van der Waals surface area contributed by atoms with Crippen LogP contribution >= 0.6 is 0 Å². The molecule has 0 unspecified atom stereocenters. The van der Waals surface area contributed by atoms with Crippen LogP contribution in [0.15, 0.2) is 72.3 Å². The average Bonchev–Trinajstić information content (AvgIpc) is 3.39. The molecule has 0 saturated carbocycles. The number of fused-ring (bicyclic) bond motifs is 1. The van der Waals surface area contributed by atoms with Gasteiger partial charge in [0.25, 0.3) is 8.32 Å². The molecule has 0 radical (unpaired) electrons. The molecule has 0 bridgehead atoms. The number of hydrogen-bond acceptors (Lipinski definition) is 8. The van der Waals surface area contributed by atoms with Gasteiger partial charge in [0, 0.05) is 13.2 Å². The van der Waals surface area contributed by atoms with Gasteiger partial charge in [0.15, 0.2) is 12.6 Å². The van der Waals surface area contributed by atoms with E-state index in [1.807, 2.05) is 50.2 Å². The van der Waals surface area contributed by atoms with Crippen molar-refractivity contribution in [2.45, 2.75) is 69.9 Å². The Hall–Kier alpha value is -2.84. The smallest absolute Gasteiger partial charge is 0.333 e. The van der Waals surface area contributed by atoms with Crippen LogP contribution in [-0.4, -0.2) is 65.0 Å². The van der Waals surface area contributed by atoms with Gasteiger partial charge in [-0.25, -0.2) is 4.79 Å². The van der Waals surface area contributed by atoms with E-state index in [0.29, 0.717) is 0 Å². The molecule has 2 aromatic carbocycles. The van der Waals surface area contributed by atoms with E-state index in [4.69, 9.17) is 28.1 Å². The Bertz CT molecular complexity index is 1160. The van der Waals surface area contributed by atoms with Gasteiger partial charge in [0.05, 0.1) is 18.2 Å². The van der Waals surface area contributed by atoms with Crippen molar-refractivity contribution < 1.29 is 32.9 Å². The van der Waals surface area contributed by atoms with Crippen molar-refractivity contribution >= 4 is 24.7 Å². The number of benzene rings is 2. The van der Waals surface area contributed by atoms with Gasteiger partial charge in [-0.05, 0) is 29.3 Å². The maximum atomic E-state index is 12.2. The van der Waals surface area contributed by atoms with Crippen molar-refractivity contribution in [3.05, 3.63) is 72.3 Å². The SMILES string of the molecule is COCOC(=O)/C=C(\C#N)[C@@H]1O[C@H](CO[Si](c2ccccc2)(c2ccccc2)C(C)(C)C)[C@H]2OC(C)(C)O[C@H]21. The lowest BCUT2D eigenvalue weighted by molar-refractivity contribution is -0.185. The minimum absolute atomic E-state index is 0.0975. The fourth-order valence-electron chi connectivity index (χ4n) is 5.50. The molecule has 2 saturated heterocycles. The van der Waals surface area contributed by atoms with E-state index in [0.717, 1.165) is 16.4 Å². The Morgan fingerprint density at radius 2 is 1.59 bits per heavy atom. The summed E-state index contributed by atoms with van der Waals surface area (Å²) in [5.41, 5.74) is 0.0975. The number of nitrogens with zero attached hydrogens (tertiary/aromatic N) is 1. The topological polar surface area (TPSA) is 96.2 Å². The summed E-state index contributed by atoms with van der Waals surface area (Å²) in [6, 6.07) is 22.8. The van der Waals surface area contributed by atoms with Crippen LogP contribution in [0, 0.1) is 11.3 Å².